The Bertz CT molecular complexity index is 1250. The van der Waals surface area contributed by atoms with E-state index in [1.807, 2.05) is 0 Å². The lowest BCUT2D eigenvalue weighted by molar-refractivity contribution is 1.50. The summed E-state index contributed by atoms with van der Waals surface area (Å²) in [6.07, 6.45) is 0. The first kappa shape index (κ1) is 14.4. The second kappa shape index (κ2) is 4.92. The van der Waals surface area contributed by atoms with Crippen LogP contribution in [0.4, 0.5) is 0 Å². The standard InChI is InChI=1S/C24H18B2/c1-13-7-8-16-18-11-22-19(12-21(18)25-20(16)9-13)24-17-6-4-3-5-15(17)14(2)10-23(24)26-22/h3-12,25-26H,1-2H3. The Labute approximate surface area is 155 Å². The van der Waals surface area contributed by atoms with E-state index in [-0.39, 0.29) is 0 Å². The normalized spacial score (nSPS) is 12.8. The maximum Gasteiger partial charge on any atom is 0.193 e. The van der Waals surface area contributed by atoms with Crippen molar-refractivity contribution in [3.63, 3.8) is 0 Å². The minimum Gasteiger partial charge on any atom is -0.0706 e. The van der Waals surface area contributed by atoms with Crippen molar-refractivity contribution in [2.75, 3.05) is 0 Å². The van der Waals surface area contributed by atoms with Gasteiger partial charge in [-0.25, -0.2) is 0 Å². The van der Waals surface area contributed by atoms with Crippen LogP contribution in [0.15, 0.2) is 60.7 Å². The second-order valence-corrected chi connectivity index (χ2v) is 7.95. The number of rotatable bonds is 0. The molecule has 0 bridgehead atoms. The van der Waals surface area contributed by atoms with Gasteiger partial charge in [0.05, 0.1) is 0 Å². The molecule has 0 atom stereocenters. The van der Waals surface area contributed by atoms with Gasteiger partial charge in [0.2, 0.25) is 0 Å². The van der Waals surface area contributed by atoms with Gasteiger partial charge in [-0.15, -0.1) is 0 Å². The fraction of sp³-hybridized carbons (Fsp3) is 0.0833. The van der Waals surface area contributed by atoms with Gasteiger partial charge in [-0.3, -0.25) is 0 Å². The van der Waals surface area contributed by atoms with Gasteiger partial charge in [0, 0.05) is 0 Å². The van der Waals surface area contributed by atoms with Crippen molar-refractivity contribution in [3.05, 3.63) is 71.8 Å². The highest BCUT2D eigenvalue weighted by atomic mass is 14.2. The molecule has 0 N–H and O–H groups in total. The molecule has 0 aliphatic carbocycles. The molecule has 4 aromatic carbocycles. The summed E-state index contributed by atoms with van der Waals surface area (Å²) in [6, 6.07) is 23.1. The summed E-state index contributed by atoms with van der Waals surface area (Å²) in [4.78, 5) is 0. The lowest BCUT2D eigenvalue weighted by atomic mass is 9.65. The van der Waals surface area contributed by atoms with E-state index in [2.05, 4.69) is 74.5 Å². The molecule has 26 heavy (non-hydrogen) atoms. The molecule has 2 aliphatic rings. The van der Waals surface area contributed by atoms with Gasteiger partial charge in [-0.1, -0.05) is 88.1 Å². The maximum atomic E-state index is 2.48. The van der Waals surface area contributed by atoms with E-state index < -0.39 is 0 Å². The molecule has 0 aromatic heterocycles. The van der Waals surface area contributed by atoms with Crippen LogP contribution in [-0.2, 0) is 0 Å². The Hall–Kier alpha value is -2.73. The highest BCUT2D eigenvalue weighted by molar-refractivity contribution is 6.77. The van der Waals surface area contributed by atoms with Crippen LogP contribution in [0.5, 0.6) is 0 Å². The SMILES string of the molecule is Cc1ccc2c(c1)Bc1cc3c(cc1-2)Bc1cc(C)c2ccccc2c1-3. The molecule has 0 radical (unpaired) electrons. The van der Waals surface area contributed by atoms with Crippen LogP contribution in [0.1, 0.15) is 11.1 Å². The Balaban J connectivity index is 1.62. The van der Waals surface area contributed by atoms with Crippen molar-refractivity contribution >= 4 is 47.2 Å². The highest BCUT2D eigenvalue weighted by Gasteiger charge is 2.27. The summed E-state index contributed by atoms with van der Waals surface area (Å²) >= 11 is 0. The molecule has 0 unspecified atom stereocenters. The minimum absolute atomic E-state index is 1.06. The molecule has 0 amide bonds. The minimum atomic E-state index is 1.06. The first-order valence-electron chi connectivity index (χ1n) is 9.46. The Morgan fingerprint density at radius 2 is 1.27 bits per heavy atom. The monoisotopic (exact) mass is 328 g/mol. The zero-order valence-electron chi connectivity index (χ0n) is 15.2. The van der Waals surface area contributed by atoms with E-state index in [1.165, 1.54) is 66.0 Å². The molecule has 0 saturated carbocycles. The van der Waals surface area contributed by atoms with Crippen LogP contribution < -0.4 is 21.9 Å². The van der Waals surface area contributed by atoms with E-state index in [9.17, 15) is 0 Å². The van der Waals surface area contributed by atoms with Crippen LogP contribution in [0.25, 0.3) is 33.0 Å². The maximum absolute atomic E-state index is 2.48. The molecule has 4 aromatic rings. The lowest BCUT2D eigenvalue weighted by Crippen LogP contribution is -2.24. The van der Waals surface area contributed by atoms with Crippen molar-refractivity contribution in [2.24, 2.45) is 0 Å². The zero-order valence-corrected chi connectivity index (χ0v) is 15.2. The van der Waals surface area contributed by atoms with E-state index >= 15 is 0 Å². The molecule has 0 saturated heterocycles. The van der Waals surface area contributed by atoms with Crippen molar-refractivity contribution in [1.82, 2.24) is 0 Å². The van der Waals surface area contributed by atoms with Gasteiger partial charge in [0.1, 0.15) is 0 Å². The molecular weight excluding hydrogens is 310 g/mol. The summed E-state index contributed by atoms with van der Waals surface area (Å²) in [5.41, 5.74) is 14.5. The van der Waals surface area contributed by atoms with Crippen LogP contribution in [0.3, 0.4) is 0 Å². The summed E-state index contributed by atoms with van der Waals surface area (Å²) in [5, 5.41) is 2.80. The summed E-state index contributed by atoms with van der Waals surface area (Å²) < 4.78 is 0. The van der Waals surface area contributed by atoms with Crippen LogP contribution in [0, 0.1) is 13.8 Å². The Kier molecular flexibility index (Phi) is 2.73. The smallest absolute Gasteiger partial charge is 0.0706 e. The molecule has 0 spiro atoms. The van der Waals surface area contributed by atoms with Gasteiger partial charge in [-0.05, 0) is 52.4 Å². The van der Waals surface area contributed by atoms with E-state index in [4.69, 9.17) is 0 Å². The number of hydrogen-bond donors (Lipinski definition) is 0. The molecule has 0 fully saturated rings. The van der Waals surface area contributed by atoms with Crippen molar-refractivity contribution in [1.29, 1.82) is 0 Å². The Morgan fingerprint density at radius 3 is 2.15 bits per heavy atom. The average molecular weight is 328 g/mol. The van der Waals surface area contributed by atoms with Crippen LogP contribution in [0.2, 0.25) is 0 Å². The molecule has 2 aliphatic heterocycles. The van der Waals surface area contributed by atoms with Gasteiger partial charge >= 0.3 is 0 Å². The summed E-state index contributed by atoms with van der Waals surface area (Å²) in [7, 11) is 2.13. The summed E-state index contributed by atoms with van der Waals surface area (Å²) in [6.45, 7) is 4.43. The number of benzene rings is 4. The van der Waals surface area contributed by atoms with Crippen molar-refractivity contribution in [2.45, 2.75) is 13.8 Å². The van der Waals surface area contributed by atoms with E-state index in [1.54, 1.807) is 0 Å². The highest BCUT2D eigenvalue weighted by Crippen LogP contribution is 2.32. The lowest BCUT2D eigenvalue weighted by Gasteiger charge is -2.11. The van der Waals surface area contributed by atoms with E-state index in [0.29, 0.717) is 0 Å². The van der Waals surface area contributed by atoms with Crippen LogP contribution in [-0.4, -0.2) is 14.6 Å². The third-order valence-corrected chi connectivity index (χ3v) is 6.24. The van der Waals surface area contributed by atoms with Crippen molar-refractivity contribution in [3.8, 4) is 22.3 Å². The third kappa shape index (κ3) is 1.82. The van der Waals surface area contributed by atoms with Gasteiger partial charge in [0.15, 0.2) is 14.6 Å². The summed E-state index contributed by atoms with van der Waals surface area (Å²) in [5.74, 6) is 0. The number of hydrogen-bond acceptors (Lipinski definition) is 0. The quantitative estimate of drug-likeness (QED) is 0.375. The van der Waals surface area contributed by atoms with Gasteiger partial charge < -0.3 is 0 Å². The molecule has 120 valence electrons. The first-order valence-corrected chi connectivity index (χ1v) is 9.46. The predicted octanol–water partition coefficient (Wildman–Crippen LogP) is 2.19. The zero-order chi connectivity index (χ0) is 17.4. The first-order chi connectivity index (χ1) is 12.7. The number of aryl methyl sites for hydroxylation is 2. The van der Waals surface area contributed by atoms with Crippen LogP contribution >= 0.6 is 0 Å². The second-order valence-electron chi connectivity index (χ2n) is 7.95. The van der Waals surface area contributed by atoms with Crippen molar-refractivity contribution < 1.29 is 0 Å². The third-order valence-electron chi connectivity index (χ3n) is 6.24. The molecular formula is C24H18B2. The Morgan fingerprint density at radius 1 is 0.577 bits per heavy atom. The molecule has 0 nitrogen and oxygen atoms in total. The number of fused-ring (bicyclic) bond motifs is 8. The van der Waals surface area contributed by atoms with Gasteiger partial charge in [-0.2, -0.15) is 0 Å². The topological polar surface area (TPSA) is 0 Å². The fourth-order valence-corrected chi connectivity index (χ4v) is 5.09. The average Bonchev–Trinajstić information content (AvgIpc) is 3.16. The largest absolute Gasteiger partial charge is 0.193 e. The predicted molar refractivity (Wildman–Crippen MR) is 117 cm³/mol. The molecule has 6 rings (SSSR count). The molecule has 2 heterocycles. The van der Waals surface area contributed by atoms with E-state index in [0.717, 1.165) is 14.6 Å². The van der Waals surface area contributed by atoms with Gasteiger partial charge in [0.25, 0.3) is 0 Å². The fourth-order valence-electron chi connectivity index (χ4n) is 5.09. The molecule has 2 heteroatoms.